The molecule has 1 aliphatic carbocycles. The van der Waals surface area contributed by atoms with Crippen molar-refractivity contribution >= 4 is 5.97 Å². The summed E-state index contributed by atoms with van der Waals surface area (Å²) in [6, 6.07) is 0.0234. The van der Waals surface area contributed by atoms with E-state index in [4.69, 9.17) is 9.47 Å². The lowest BCUT2D eigenvalue weighted by atomic mass is 9.85. The lowest BCUT2D eigenvalue weighted by Gasteiger charge is -2.45. The maximum atomic E-state index is 12.5. The first-order chi connectivity index (χ1) is 13.2. The number of carbonyl (C=O) groups is 1. The molecule has 28 heavy (non-hydrogen) atoms. The highest BCUT2D eigenvalue weighted by molar-refractivity contribution is 5.89. The molecule has 3 atom stereocenters. The van der Waals surface area contributed by atoms with Crippen LogP contribution in [0, 0.1) is 0 Å². The molecule has 0 heterocycles. The van der Waals surface area contributed by atoms with Gasteiger partial charge in [0.15, 0.2) is 0 Å². The van der Waals surface area contributed by atoms with Gasteiger partial charge in [0.25, 0.3) is 0 Å². The molecule has 0 unspecified atom stereocenters. The fourth-order valence-corrected chi connectivity index (χ4v) is 3.64. The van der Waals surface area contributed by atoms with Crippen molar-refractivity contribution in [3.8, 4) is 0 Å². The van der Waals surface area contributed by atoms with E-state index >= 15 is 0 Å². The average Bonchev–Trinajstić information content (AvgIpc) is 2.64. The molecule has 1 aliphatic rings. The summed E-state index contributed by atoms with van der Waals surface area (Å²) in [7, 11) is 0. The third-order valence-corrected chi connectivity index (χ3v) is 4.96. The normalized spacial score (nSPS) is 22.5. The number of hydrogen-bond donors (Lipinski definition) is 1. The Balaban J connectivity index is 3.36. The van der Waals surface area contributed by atoms with E-state index < -0.39 is 0 Å². The van der Waals surface area contributed by atoms with Gasteiger partial charge in [-0.3, -0.25) is 0 Å². The largest absolute Gasteiger partial charge is 0.463 e. The Hall–Kier alpha value is -1.59. The molecule has 5 nitrogen and oxygen atoms in total. The summed E-state index contributed by atoms with van der Waals surface area (Å²) in [4.78, 5) is 14.7. The summed E-state index contributed by atoms with van der Waals surface area (Å²) in [5.41, 5.74) is 0.569. The zero-order valence-corrected chi connectivity index (χ0v) is 18.7. The van der Waals surface area contributed by atoms with Gasteiger partial charge < -0.3 is 19.7 Å². The van der Waals surface area contributed by atoms with Crippen molar-refractivity contribution in [3.05, 3.63) is 37.1 Å². The van der Waals surface area contributed by atoms with Gasteiger partial charge in [-0.05, 0) is 52.8 Å². The highest BCUT2D eigenvalue weighted by atomic mass is 16.5. The van der Waals surface area contributed by atoms with Crippen LogP contribution >= 0.6 is 0 Å². The summed E-state index contributed by atoms with van der Waals surface area (Å²) in [5, 5.41) is 3.73. The van der Waals surface area contributed by atoms with Gasteiger partial charge >= 0.3 is 5.97 Å². The minimum Gasteiger partial charge on any atom is -0.463 e. The van der Waals surface area contributed by atoms with Gasteiger partial charge in [0.05, 0.1) is 30.9 Å². The number of rotatable bonds is 11. The van der Waals surface area contributed by atoms with E-state index in [-0.39, 0.29) is 35.8 Å². The predicted octanol–water partition coefficient (Wildman–Crippen LogP) is 4.21. The molecular weight excluding hydrogens is 352 g/mol. The summed E-state index contributed by atoms with van der Waals surface area (Å²) < 4.78 is 11.8. The molecule has 0 radical (unpaired) electrons. The molecule has 0 amide bonds. The van der Waals surface area contributed by atoms with E-state index in [1.165, 1.54) is 0 Å². The summed E-state index contributed by atoms with van der Waals surface area (Å²) in [5.74, 6) is -0.262. The van der Waals surface area contributed by atoms with E-state index in [9.17, 15) is 4.79 Å². The quantitative estimate of drug-likeness (QED) is 0.422. The Bertz CT molecular complexity index is 547. The second-order valence-corrected chi connectivity index (χ2v) is 8.31. The zero-order chi connectivity index (χ0) is 21.3. The summed E-state index contributed by atoms with van der Waals surface area (Å²) in [6.07, 6.45) is 8.00. The molecule has 1 N–H and O–H groups in total. The monoisotopic (exact) mass is 392 g/mol. The van der Waals surface area contributed by atoms with Gasteiger partial charge in [-0.25, -0.2) is 4.79 Å². The third kappa shape index (κ3) is 7.10. The number of ether oxygens (including phenoxy) is 2. The van der Waals surface area contributed by atoms with Crippen LogP contribution < -0.4 is 5.32 Å². The van der Waals surface area contributed by atoms with Crippen molar-refractivity contribution in [1.82, 2.24) is 10.2 Å². The maximum Gasteiger partial charge on any atom is 0.333 e. The van der Waals surface area contributed by atoms with Crippen LogP contribution in [-0.2, 0) is 14.3 Å². The van der Waals surface area contributed by atoms with Crippen molar-refractivity contribution in [1.29, 1.82) is 0 Å². The molecule has 1 rings (SSSR count). The molecule has 0 saturated heterocycles. The minimum atomic E-state index is -0.262. The van der Waals surface area contributed by atoms with E-state index in [0.717, 1.165) is 12.8 Å². The van der Waals surface area contributed by atoms with Crippen LogP contribution in [0.15, 0.2) is 37.1 Å². The van der Waals surface area contributed by atoms with Crippen LogP contribution in [0.5, 0.6) is 0 Å². The number of nitrogens with one attached hydrogen (secondary N) is 1. The summed E-state index contributed by atoms with van der Waals surface area (Å²) >= 11 is 0. The Kier molecular flexibility index (Phi) is 9.97. The fourth-order valence-electron chi connectivity index (χ4n) is 3.64. The van der Waals surface area contributed by atoms with Crippen LogP contribution in [0.3, 0.4) is 0 Å². The lowest BCUT2D eigenvalue weighted by Crippen LogP contribution is -2.61. The van der Waals surface area contributed by atoms with E-state index in [0.29, 0.717) is 25.1 Å². The third-order valence-electron chi connectivity index (χ3n) is 4.96. The first-order valence-corrected chi connectivity index (χ1v) is 10.5. The number of hydrogen-bond acceptors (Lipinski definition) is 5. The molecule has 0 fully saturated rings. The molecule has 0 bridgehead atoms. The van der Waals surface area contributed by atoms with Gasteiger partial charge in [-0.2, -0.15) is 0 Å². The second-order valence-electron chi connectivity index (χ2n) is 8.31. The molecule has 0 spiro atoms. The molecule has 5 heteroatoms. The average molecular weight is 393 g/mol. The molecule has 0 aromatic carbocycles. The number of carbonyl (C=O) groups excluding carboxylic acids is 1. The standard InChI is InChI=1S/C23H40N2O3/c1-9-14-25(12-4)19-15-17(22(26)27-13-5)16-20(28-18(10-2)11-3)21(19)24-23(6,7)8/h9,12,16,18-21,24H,1,4,10-11,13-15H2,2-3,5-8H3/t19-,20+,21-/m0/s1. The van der Waals surface area contributed by atoms with E-state index in [1.807, 2.05) is 25.3 Å². The highest BCUT2D eigenvalue weighted by Gasteiger charge is 2.40. The lowest BCUT2D eigenvalue weighted by molar-refractivity contribution is -0.139. The molecule has 0 aliphatic heterocycles. The fraction of sp³-hybridized carbons (Fsp3) is 0.696. The number of nitrogens with zero attached hydrogens (tertiary/aromatic N) is 1. The van der Waals surface area contributed by atoms with Crippen molar-refractivity contribution < 1.29 is 14.3 Å². The second kappa shape index (κ2) is 11.4. The predicted molar refractivity (Wildman–Crippen MR) is 116 cm³/mol. The highest BCUT2D eigenvalue weighted by Crippen LogP contribution is 2.29. The molecule has 0 saturated carbocycles. The van der Waals surface area contributed by atoms with Crippen molar-refractivity contribution in [3.63, 3.8) is 0 Å². The van der Waals surface area contributed by atoms with Crippen LogP contribution in [0.25, 0.3) is 0 Å². The molecule has 160 valence electrons. The Morgan fingerprint density at radius 3 is 2.43 bits per heavy atom. The zero-order valence-electron chi connectivity index (χ0n) is 18.7. The molecular formula is C23H40N2O3. The maximum absolute atomic E-state index is 12.5. The van der Waals surface area contributed by atoms with Gasteiger partial charge in [0.1, 0.15) is 0 Å². The Morgan fingerprint density at radius 2 is 1.96 bits per heavy atom. The van der Waals surface area contributed by atoms with Crippen LogP contribution in [0.1, 0.15) is 60.8 Å². The topological polar surface area (TPSA) is 50.8 Å². The smallest absolute Gasteiger partial charge is 0.333 e. The summed E-state index contributed by atoms with van der Waals surface area (Å²) in [6.45, 7) is 21.4. The van der Waals surface area contributed by atoms with Gasteiger partial charge in [-0.1, -0.05) is 26.5 Å². The van der Waals surface area contributed by atoms with Crippen molar-refractivity contribution in [2.45, 2.75) is 90.6 Å². The van der Waals surface area contributed by atoms with Crippen LogP contribution in [0.2, 0.25) is 0 Å². The van der Waals surface area contributed by atoms with Crippen LogP contribution in [-0.4, -0.2) is 53.9 Å². The van der Waals surface area contributed by atoms with Gasteiger partial charge in [-0.15, -0.1) is 6.58 Å². The minimum absolute atomic E-state index is 0.0109. The van der Waals surface area contributed by atoms with E-state index in [1.54, 1.807) is 0 Å². The van der Waals surface area contributed by atoms with E-state index in [2.05, 4.69) is 58.0 Å². The Labute approximate surface area is 171 Å². The molecule has 0 aromatic rings. The Morgan fingerprint density at radius 1 is 1.32 bits per heavy atom. The first-order valence-electron chi connectivity index (χ1n) is 10.5. The van der Waals surface area contributed by atoms with Crippen molar-refractivity contribution in [2.24, 2.45) is 0 Å². The molecule has 0 aromatic heterocycles. The first kappa shape index (κ1) is 24.4. The van der Waals surface area contributed by atoms with Crippen molar-refractivity contribution in [2.75, 3.05) is 13.2 Å². The number of esters is 1. The van der Waals surface area contributed by atoms with Gasteiger partial charge in [0, 0.05) is 24.1 Å². The van der Waals surface area contributed by atoms with Crippen LogP contribution in [0.4, 0.5) is 0 Å². The van der Waals surface area contributed by atoms with Gasteiger partial charge in [0.2, 0.25) is 0 Å². The SMILES string of the molecule is C=CCN(C=C)[C@H]1CC(C(=O)OCC)=C[C@@H](OC(CC)CC)[C@H]1NC(C)(C)C.